The third-order valence-corrected chi connectivity index (χ3v) is 4.58. The van der Waals surface area contributed by atoms with Crippen LogP contribution in [0.1, 0.15) is 11.3 Å². The zero-order valence-electron chi connectivity index (χ0n) is 15.0. The average Bonchev–Trinajstić information content (AvgIpc) is 3.02. The van der Waals surface area contributed by atoms with Crippen LogP contribution in [0.3, 0.4) is 0 Å². The highest BCUT2D eigenvalue weighted by Gasteiger charge is 2.27. The molecule has 28 heavy (non-hydrogen) atoms. The number of para-hydroxylation sites is 3. The minimum atomic E-state index is -0.782. The molecular formula is C20H17ClN4O3. The van der Waals surface area contributed by atoms with Gasteiger partial charge in [-0.3, -0.25) is 4.79 Å². The van der Waals surface area contributed by atoms with Gasteiger partial charge < -0.3 is 9.47 Å². The van der Waals surface area contributed by atoms with Crippen LogP contribution in [-0.4, -0.2) is 34.6 Å². The Morgan fingerprint density at radius 2 is 1.93 bits per heavy atom. The van der Waals surface area contributed by atoms with E-state index in [9.17, 15) is 4.79 Å². The van der Waals surface area contributed by atoms with Crippen LogP contribution in [0, 0.1) is 6.92 Å². The monoisotopic (exact) mass is 396 g/mol. The van der Waals surface area contributed by atoms with Crippen LogP contribution in [0.2, 0.25) is 5.15 Å². The van der Waals surface area contributed by atoms with Crippen LogP contribution >= 0.6 is 11.6 Å². The topological polar surface area (TPSA) is 77.7 Å². The number of aryl methyl sites for hydroxylation is 1. The molecule has 142 valence electrons. The lowest BCUT2D eigenvalue weighted by atomic mass is 10.2. The molecule has 8 heteroatoms. The molecule has 0 radical (unpaired) electrons. The summed E-state index contributed by atoms with van der Waals surface area (Å²) in [6.07, 6.45) is 0.690. The van der Waals surface area contributed by atoms with Gasteiger partial charge in [-0.1, -0.05) is 41.9 Å². The van der Waals surface area contributed by atoms with Crippen LogP contribution in [0.4, 0.5) is 0 Å². The van der Waals surface area contributed by atoms with Crippen molar-refractivity contribution in [1.82, 2.24) is 15.2 Å². The maximum Gasteiger partial charge on any atom is 0.284 e. The van der Waals surface area contributed by atoms with Crippen molar-refractivity contribution in [2.45, 2.75) is 13.0 Å². The molecule has 0 saturated heterocycles. The van der Waals surface area contributed by atoms with E-state index in [1.54, 1.807) is 16.8 Å². The molecule has 1 aliphatic rings. The van der Waals surface area contributed by atoms with Crippen molar-refractivity contribution in [1.29, 1.82) is 0 Å². The van der Waals surface area contributed by atoms with Gasteiger partial charge in [0.15, 0.2) is 11.5 Å². The number of amides is 1. The van der Waals surface area contributed by atoms with Gasteiger partial charge in [0.25, 0.3) is 5.91 Å². The number of halogens is 1. The number of hydrogen-bond acceptors (Lipinski definition) is 5. The summed E-state index contributed by atoms with van der Waals surface area (Å²) in [5, 5.41) is 8.84. The number of ether oxygens (including phenoxy) is 2. The van der Waals surface area contributed by atoms with Crippen LogP contribution in [-0.2, 0) is 4.79 Å². The number of hydrazone groups is 1. The highest BCUT2D eigenvalue weighted by atomic mass is 35.5. The maximum atomic E-state index is 12.3. The Kier molecular flexibility index (Phi) is 4.99. The highest BCUT2D eigenvalue weighted by molar-refractivity contribution is 6.32. The van der Waals surface area contributed by atoms with Crippen molar-refractivity contribution in [3.05, 3.63) is 71.0 Å². The fourth-order valence-corrected chi connectivity index (χ4v) is 3.10. The largest absolute Gasteiger partial charge is 0.485 e. The summed E-state index contributed by atoms with van der Waals surface area (Å²) in [5.74, 6) is 0.738. The smallest absolute Gasteiger partial charge is 0.284 e. The molecular weight excluding hydrogens is 380 g/mol. The van der Waals surface area contributed by atoms with Gasteiger partial charge in [0.1, 0.15) is 11.8 Å². The van der Waals surface area contributed by atoms with E-state index in [1.807, 2.05) is 49.4 Å². The summed E-state index contributed by atoms with van der Waals surface area (Å²) in [4.78, 5) is 12.3. The maximum absolute atomic E-state index is 12.3. The summed E-state index contributed by atoms with van der Waals surface area (Å²) in [7, 11) is 0. The number of aromatic nitrogens is 2. The Bertz CT molecular complexity index is 1030. The van der Waals surface area contributed by atoms with E-state index in [-0.39, 0.29) is 6.61 Å². The van der Waals surface area contributed by atoms with E-state index in [0.717, 1.165) is 5.69 Å². The second-order valence-corrected chi connectivity index (χ2v) is 6.49. The van der Waals surface area contributed by atoms with Crippen LogP contribution in [0.25, 0.3) is 5.69 Å². The van der Waals surface area contributed by atoms with Crippen LogP contribution in [0.15, 0.2) is 59.7 Å². The van der Waals surface area contributed by atoms with Gasteiger partial charge in [0, 0.05) is 0 Å². The molecule has 1 aliphatic heterocycles. The number of hydrogen-bond donors (Lipinski definition) is 1. The number of nitrogens with zero attached hydrogens (tertiary/aromatic N) is 3. The number of rotatable bonds is 4. The fourth-order valence-electron chi connectivity index (χ4n) is 2.78. The lowest BCUT2D eigenvalue weighted by molar-refractivity contribution is -0.130. The molecule has 2 heterocycles. The normalized spacial score (nSPS) is 15.6. The molecule has 2 aromatic carbocycles. The zero-order valence-corrected chi connectivity index (χ0v) is 15.8. The van der Waals surface area contributed by atoms with Crippen LogP contribution < -0.4 is 14.9 Å². The molecule has 0 unspecified atom stereocenters. The molecule has 0 spiro atoms. The van der Waals surface area contributed by atoms with E-state index in [0.29, 0.717) is 27.9 Å². The molecule has 1 aromatic heterocycles. The SMILES string of the molecule is Cc1nn(-c2ccccc2)c(Cl)c1C=NNC(=O)[C@H]1COc2ccccc2O1. The summed E-state index contributed by atoms with van der Waals surface area (Å²) >= 11 is 6.44. The van der Waals surface area contributed by atoms with E-state index < -0.39 is 12.0 Å². The first-order valence-corrected chi connectivity index (χ1v) is 9.03. The highest BCUT2D eigenvalue weighted by Crippen LogP contribution is 2.30. The molecule has 1 amide bonds. The molecule has 1 N–H and O–H groups in total. The Balaban J connectivity index is 1.44. The lowest BCUT2D eigenvalue weighted by Gasteiger charge is -2.24. The summed E-state index contributed by atoms with van der Waals surface area (Å²) in [5.41, 5.74) is 4.62. The molecule has 0 aliphatic carbocycles. The number of benzene rings is 2. The van der Waals surface area contributed by atoms with Crippen molar-refractivity contribution in [2.24, 2.45) is 5.10 Å². The third kappa shape index (κ3) is 3.57. The first-order valence-electron chi connectivity index (χ1n) is 8.65. The number of nitrogens with one attached hydrogen (secondary N) is 1. The molecule has 3 aromatic rings. The lowest BCUT2D eigenvalue weighted by Crippen LogP contribution is -2.42. The standard InChI is InChI=1S/C20H17ClN4O3/c1-13-15(19(21)25(24-13)14-7-3-2-4-8-14)11-22-23-20(26)18-12-27-16-9-5-6-10-17(16)28-18/h2-11,18H,12H2,1H3,(H,23,26)/t18-/m1/s1. The van der Waals surface area contributed by atoms with E-state index >= 15 is 0 Å². The van der Waals surface area contributed by atoms with Gasteiger partial charge in [-0.15, -0.1) is 0 Å². The van der Waals surface area contributed by atoms with Gasteiger partial charge in [-0.25, -0.2) is 10.1 Å². The van der Waals surface area contributed by atoms with E-state index in [2.05, 4.69) is 15.6 Å². The minimum absolute atomic E-state index is 0.115. The van der Waals surface area contributed by atoms with Crippen molar-refractivity contribution in [3.8, 4) is 17.2 Å². The zero-order chi connectivity index (χ0) is 19.5. The van der Waals surface area contributed by atoms with Gasteiger partial charge in [0.05, 0.1) is 23.2 Å². The van der Waals surface area contributed by atoms with E-state index in [1.165, 1.54) is 6.21 Å². The molecule has 1 atom stereocenters. The first kappa shape index (κ1) is 18.1. The van der Waals surface area contributed by atoms with Gasteiger partial charge >= 0.3 is 0 Å². The minimum Gasteiger partial charge on any atom is -0.485 e. The summed E-state index contributed by atoms with van der Waals surface area (Å²) in [6, 6.07) is 16.7. The van der Waals surface area contributed by atoms with Crippen LogP contribution in [0.5, 0.6) is 11.5 Å². The number of carbonyl (C=O) groups is 1. The Morgan fingerprint density at radius 3 is 2.71 bits per heavy atom. The average molecular weight is 397 g/mol. The van der Waals surface area contributed by atoms with Gasteiger partial charge in [0.2, 0.25) is 6.10 Å². The molecule has 0 bridgehead atoms. The van der Waals surface area contributed by atoms with Gasteiger partial charge in [-0.05, 0) is 31.2 Å². The molecule has 0 saturated carbocycles. The number of carbonyl (C=O) groups excluding carboxylic acids is 1. The predicted molar refractivity (Wildman–Crippen MR) is 105 cm³/mol. The third-order valence-electron chi connectivity index (χ3n) is 4.22. The fraction of sp³-hybridized carbons (Fsp3) is 0.150. The molecule has 0 fully saturated rings. The summed E-state index contributed by atoms with van der Waals surface area (Å²) < 4.78 is 12.8. The van der Waals surface area contributed by atoms with Crippen molar-refractivity contribution in [2.75, 3.05) is 6.61 Å². The molecule has 4 rings (SSSR count). The Labute approximate surface area is 166 Å². The first-order chi connectivity index (χ1) is 13.6. The van der Waals surface area contributed by atoms with Gasteiger partial charge in [-0.2, -0.15) is 10.2 Å². The molecule has 7 nitrogen and oxygen atoms in total. The Hall–Kier alpha value is -3.32. The van der Waals surface area contributed by atoms with Crippen molar-refractivity contribution in [3.63, 3.8) is 0 Å². The second-order valence-electron chi connectivity index (χ2n) is 6.14. The predicted octanol–water partition coefficient (Wildman–Crippen LogP) is 3.12. The van der Waals surface area contributed by atoms with E-state index in [4.69, 9.17) is 21.1 Å². The number of fused-ring (bicyclic) bond motifs is 1. The second kappa shape index (κ2) is 7.74. The van der Waals surface area contributed by atoms with Crippen molar-refractivity contribution < 1.29 is 14.3 Å². The Morgan fingerprint density at radius 1 is 1.21 bits per heavy atom. The van der Waals surface area contributed by atoms with Crippen molar-refractivity contribution >= 4 is 23.7 Å². The quantitative estimate of drug-likeness (QED) is 0.543. The summed E-state index contributed by atoms with van der Waals surface area (Å²) in [6.45, 7) is 1.94.